The third-order valence-electron chi connectivity index (χ3n) is 7.56. The zero-order valence-corrected chi connectivity index (χ0v) is 18.9. The molecule has 3 aliphatic rings. The number of rotatable bonds is 3. The van der Waals surface area contributed by atoms with Gasteiger partial charge in [0.05, 0.1) is 0 Å². The molecule has 170 valence electrons. The molecule has 0 radical (unpaired) electrons. The number of benzene rings is 1. The van der Waals surface area contributed by atoms with Gasteiger partial charge in [0, 0.05) is 36.7 Å². The summed E-state index contributed by atoms with van der Waals surface area (Å²) in [5.41, 5.74) is 2.19. The number of nitrogens with zero attached hydrogens (tertiary/aromatic N) is 2. The molecule has 2 saturated heterocycles. The highest BCUT2D eigenvalue weighted by molar-refractivity contribution is 5.93. The van der Waals surface area contributed by atoms with E-state index in [2.05, 4.69) is 0 Å². The Balaban J connectivity index is 1.38. The molecular weight excluding hydrogens is 408 g/mol. The molecule has 2 aliphatic heterocycles. The van der Waals surface area contributed by atoms with Crippen LogP contribution in [-0.4, -0.2) is 53.9 Å². The zero-order valence-electron chi connectivity index (χ0n) is 18.9. The standard InChI is InChI=1S/C25H30N2O5/c1-16-20(10-9-18-17-7-3-4-8-19(17)23(29)32-22(16)18)31-15-21(28)27-14-6-12-25(27)11-5-13-26(2)24(25)30/h9-10H,3-8,11-15H2,1-2H3. The molecule has 2 amide bonds. The number of ether oxygens (including phenoxy) is 1. The quantitative estimate of drug-likeness (QED) is 0.689. The van der Waals surface area contributed by atoms with Gasteiger partial charge in [-0.25, -0.2) is 4.79 Å². The molecule has 7 nitrogen and oxygen atoms in total. The number of likely N-dealkylation sites (tertiary alicyclic amines) is 2. The number of fused-ring (bicyclic) bond motifs is 3. The molecule has 3 heterocycles. The molecule has 0 saturated carbocycles. The first-order chi connectivity index (χ1) is 15.4. The van der Waals surface area contributed by atoms with Crippen molar-refractivity contribution in [1.29, 1.82) is 0 Å². The third kappa shape index (κ3) is 3.21. The second-order valence-corrected chi connectivity index (χ2v) is 9.42. The lowest BCUT2D eigenvalue weighted by molar-refractivity contribution is -0.155. The van der Waals surface area contributed by atoms with E-state index in [4.69, 9.17) is 9.15 Å². The van der Waals surface area contributed by atoms with Crippen LogP contribution in [0.4, 0.5) is 0 Å². The van der Waals surface area contributed by atoms with Crippen molar-refractivity contribution in [1.82, 2.24) is 9.80 Å². The maximum Gasteiger partial charge on any atom is 0.339 e. The molecule has 2 aromatic rings. The Morgan fingerprint density at radius 3 is 2.56 bits per heavy atom. The van der Waals surface area contributed by atoms with Crippen LogP contribution in [0.25, 0.3) is 11.0 Å². The Morgan fingerprint density at radius 2 is 1.78 bits per heavy atom. The van der Waals surface area contributed by atoms with Gasteiger partial charge in [-0.05, 0) is 76.0 Å². The van der Waals surface area contributed by atoms with Gasteiger partial charge in [0.15, 0.2) is 6.61 Å². The maximum atomic E-state index is 13.1. The lowest BCUT2D eigenvalue weighted by Crippen LogP contribution is -2.61. The Bertz CT molecular complexity index is 1150. The number of piperidine rings is 1. The minimum absolute atomic E-state index is 0.0445. The highest BCUT2D eigenvalue weighted by Crippen LogP contribution is 2.38. The number of amides is 2. The zero-order chi connectivity index (χ0) is 22.5. The van der Waals surface area contributed by atoms with Crippen LogP contribution in [0.2, 0.25) is 0 Å². The van der Waals surface area contributed by atoms with Gasteiger partial charge >= 0.3 is 5.63 Å². The molecule has 1 atom stereocenters. The van der Waals surface area contributed by atoms with Crippen molar-refractivity contribution in [3.63, 3.8) is 0 Å². The summed E-state index contributed by atoms with van der Waals surface area (Å²) >= 11 is 0. The summed E-state index contributed by atoms with van der Waals surface area (Å²) in [6, 6.07) is 3.80. The summed E-state index contributed by atoms with van der Waals surface area (Å²) in [5.74, 6) is 0.408. The highest BCUT2D eigenvalue weighted by atomic mass is 16.5. The number of aryl methyl sites for hydroxylation is 2. The molecule has 1 unspecified atom stereocenters. The maximum absolute atomic E-state index is 13.1. The van der Waals surface area contributed by atoms with E-state index in [0.717, 1.165) is 67.1 Å². The molecule has 0 N–H and O–H groups in total. The van der Waals surface area contributed by atoms with Gasteiger partial charge in [-0.1, -0.05) is 0 Å². The molecule has 32 heavy (non-hydrogen) atoms. The van der Waals surface area contributed by atoms with Crippen molar-refractivity contribution in [2.75, 3.05) is 26.7 Å². The van der Waals surface area contributed by atoms with Gasteiger partial charge < -0.3 is 19.0 Å². The van der Waals surface area contributed by atoms with Crippen molar-refractivity contribution >= 4 is 22.8 Å². The van der Waals surface area contributed by atoms with E-state index in [1.807, 2.05) is 26.1 Å². The first-order valence-corrected chi connectivity index (χ1v) is 11.7. The fourth-order valence-corrected chi connectivity index (χ4v) is 5.90. The number of carbonyl (C=O) groups excluding carboxylic acids is 2. The van der Waals surface area contributed by atoms with Crippen LogP contribution >= 0.6 is 0 Å². The number of carbonyl (C=O) groups is 2. The van der Waals surface area contributed by atoms with Crippen molar-refractivity contribution < 1.29 is 18.7 Å². The van der Waals surface area contributed by atoms with E-state index in [9.17, 15) is 14.4 Å². The molecule has 7 heteroatoms. The number of likely N-dealkylation sites (N-methyl/N-ethyl adjacent to an activating group) is 1. The second-order valence-electron chi connectivity index (χ2n) is 9.42. The number of hydrogen-bond acceptors (Lipinski definition) is 5. The van der Waals surface area contributed by atoms with Crippen LogP contribution in [0.3, 0.4) is 0 Å². The SMILES string of the molecule is Cc1c(OCC(=O)N2CCCC23CCCN(C)C3=O)ccc2c3c(c(=O)oc12)CCCC3. The van der Waals surface area contributed by atoms with Crippen LogP contribution < -0.4 is 10.4 Å². The van der Waals surface area contributed by atoms with E-state index in [1.54, 1.807) is 9.80 Å². The topological polar surface area (TPSA) is 80.1 Å². The summed E-state index contributed by atoms with van der Waals surface area (Å²) < 4.78 is 11.6. The predicted molar refractivity (Wildman–Crippen MR) is 120 cm³/mol. The Morgan fingerprint density at radius 1 is 1.06 bits per heavy atom. The molecular formula is C25H30N2O5. The van der Waals surface area contributed by atoms with Gasteiger partial charge in [-0.2, -0.15) is 0 Å². The van der Waals surface area contributed by atoms with E-state index in [0.29, 0.717) is 30.7 Å². The molecule has 5 rings (SSSR count). The van der Waals surface area contributed by atoms with Gasteiger partial charge in [0.1, 0.15) is 16.9 Å². The van der Waals surface area contributed by atoms with Crippen LogP contribution in [0.1, 0.15) is 55.2 Å². The molecule has 0 bridgehead atoms. The molecule has 1 aliphatic carbocycles. The lowest BCUT2D eigenvalue weighted by atomic mass is 9.85. The molecule has 1 aromatic carbocycles. The minimum atomic E-state index is -0.711. The smallest absolute Gasteiger partial charge is 0.339 e. The average Bonchev–Trinajstić information content (AvgIpc) is 3.22. The normalized spacial score (nSPS) is 23.1. The molecule has 1 spiro atoms. The third-order valence-corrected chi connectivity index (χ3v) is 7.56. The van der Waals surface area contributed by atoms with Gasteiger partial charge in [0.25, 0.3) is 5.91 Å². The summed E-state index contributed by atoms with van der Waals surface area (Å²) in [6.07, 6.45) is 6.90. The van der Waals surface area contributed by atoms with Crippen molar-refractivity contribution in [3.8, 4) is 5.75 Å². The number of hydrogen-bond donors (Lipinski definition) is 0. The average molecular weight is 439 g/mol. The summed E-state index contributed by atoms with van der Waals surface area (Å²) in [5, 5.41) is 0.963. The first kappa shape index (κ1) is 21.0. The highest BCUT2D eigenvalue weighted by Gasteiger charge is 2.52. The molecule has 1 aromatic heterocycles. The lowest BCUT2D eigenvalue weighted by Gasteiger charge is -2.43. The van der Waals surface area contributed by atoms with Crippen molar-refractivity contribution in [2.24, 2.45) is 0 Å². The summed E-state index contributed by atoms with van der Waals surface area (Å²) in [4.78, 5) is 42.0. The fourth-order valence-electron chi connectivity index (χ4n) is 5.90. The van der Waals surface area contributed by atoms with E-state index >= 15 is 0 Å². The van der Waals surface area contributed by atoms with Crippen LogP contribution in [-0.2, 0) is 22.4 Å². The molecule has 2 fully saturated rings. The van der Waals surface area contributed by atoms with E-state index in [-0.39, 0.29) is 24.0 Å². The van der Waals surface area contributed by atoms with Gasteiger partial charge in [-0.3, -0.25) is 9.59 Å². The fraction of sp³-hybridized carbons (Fsp3) is 0.560. The van der Waals surface area contributed by atoms with E-state index in [1.165, 1.54) is 0 Å². The van der Waals surface area contributed by atoms with Crippen molar-refractivity contribution in [2.45, 2.75) is 63.8 Å². The van der Waals surface area contributed by atoms with E-state index < -0.39 is 5.54 Å². The summed E-state index contributed by atoms with van der Waals surface area (Å²) in [6.45, 7) is 3.04. The van der Waals surface area contributed by atoms with Crippen LogP contribution in [0.5, 0.6) is 5.75 Å². The largest absolute Gasteiger partial charge is 0.483 e. The Hall–Kier alpha value is -2.83. The first-order valence-electron chi connectivity index (χ1n) is 11.7. The monoisotopic (exact) mass is 438 g/mol. The van der Waals surface area contributed by atoms with Crippen LogP contribution in [0.15, 0.2) is 21.3 Å². The van der Waals surface area contributed by atoms with Crippen molar-refractivity contribution in [3.05, 3.63) is 39.2 Å². The van der Waals surface area contributed by atoms with Gasteiger partial charge in [-0.15, -0.1) is 0 Å². The predicted octanol–water partition coefficient (Wildman–Crippen LogP) is 2.97. The Labute approximate surface area is 187 Å². The summed E-state index contributed by atoms with van der Waals surface area (Å²) in [7, 11) is 1.81. The Kier molecular flexibility index (Phi) is 5.22. The van der Waals surface area contributed by atoms with Gasteiger partial charge in [0.2, 0.25) is 5.91 Å². The second kappa shape index (κ2) is 7.94. The minimum Gasteiger partial charge on any atom is -0.483 e. The van der Waals surface area contributed by atoms with Crippen LogP contribution in [0, 0.1) is 6.92 Å².